The average Bonchev–Trinajstić information content (AvgIpc) is 2.63. The first-order valence-corrected chi connectivity index (χ1v) is 8.58. The molecule has 2 aromatic rings. The zero-order chi connectivity index (χ0) is 19.1. The van der Waals surface area contributed by atoms with Crippen LogP contribution < -0.4 is 10.6 Å². The molecule has 0 fully saturated rings. The summed E-state index contributed by atoms with van der Waals surface area (Å²) in [5.74, 6) is -1.20. The lowest BCUT2D eigenvalue weighted by Crippen LogP contribution is -2.30. The second kappa shape index (κ2) is 9.43. The van der Waals surface area contributed by atoms with Crippen molar-refractivity contribution in [2.75, 3.05) is 23.8 Å². The predicted octanol–water partition coefficient (Wildman–Crippen LogP) is 3.58. The molecule has 1 amide bonds. The molecule has 0 unspecified atom stereocenters. The molecule has 0 bridgehead atoms. The summed E-state index contributed by atoms with van der Waals surface area (Å²) in [5, 5.41) is 15.1. The third-order valence-electron chi connectivity index (χ3n) is 3.41. The lowest BCUT2D eigenvalue weighted by molar-refractivity contribution is -0.123. The van der Waals surface area contributed by atoms with Crippen LogP contribution in [0.15, 0.2) is 42.5 Å². The van der Waals surface area contributed by atoms with Crippen molar-refractivity contribution in [2.24, 2.45) is 0 Å². The first-order chi connectivity index (χ1) is 12.4. The van der Waals surface area contributed by atoms with Gasteiger partial charge in [-0.3, -0.25) is 4.79 Å². The number of halogens is 2. The molecule has 138 valence electrons. The minimum absolute atomic E-state index is 0.0808. The zero-order valence-electron chi connectivity index (χ0n) is 14.0. The van der Waals surface area contributed by atoms with Crippen LogP contribution in [0.2, 0.25) is 10.0 Å². The number of esters is 1. The van der Waals surface area contributed by atoms with Crippen molar-refractivity contribution < 1.29 is 19.4 Å². The number of hydrogen-bond acceptors (Lipinski definition) is 5. The number of amides is 1. The fourth-order valence-corrected chi connectivity index (χ4v) is 2.45. The number of ether oxygens (including phenoxy) is 1. The lowest BCUT2D eigenvalue weighted by Gasteiger charge is -2.16. The minimum Gasteiger partial charge on any atom is -0.449 e. The van der Waals surface area contributed by atoms with Gasteiger partial charge in [-0.1, -0.05) is 35.3 Å². The number of carbonyl (C=O) groups excluding carboxylic acids is 2. The van der Waals surface area contributed by atoms with E-state index in [-0.39, 0.29) is 18.7 Å². The van der Waals surface area contributed by atoms with Crippen LogP contribution in [-0.4, -0.2) is 36.2 Å². The molecule has 8 heteroatoms. The van der Waals surface area contributed by atoms with Gasteiger partial charge in [-0.05, 0) is 37.3 Å². The van der Waals surface area contributed by atoms with Gasteiger partial charge in [-0.25, -0.2) is 4.79 Å². The van der Waals surface area contributed by atoms with Crippen molar-refractivity contribution in [3.05, 3.63) is 58.1 Å². The largest absolute Gasteiger partial charge is 0.449 e. The number of rotatable bonds is 7. The van der Waals surface area contributed by atoms with E-state index in [1.165, 1.54) is 13.0 Å². The van der Waals surface area contributed by atoms with Crippen molar-refractivity contribution in [3.8, 4) is 0 Å². The van der Waals surface area contributed by atoms with Crippen molar-refractivity contribution >= 4 is 46.5 Å². The molecule has 0 aliphatic heterocycles. The summed E-state index contributed by atoms with van der Waals surface area (Å²) in [6.07, 6.45) is -1.05. The Morgan fingerprint density at radius 3 is 2.62 bits per heavy atom. The second-order valence-electron chi connectivity index (χ2n) is 5.36. The summed E-state index contributed by atoms with van der Waals surface area (Å²) in [4.78, 5) is 24.6. The Balaban J connectivity index is 2.04. The van der Waals surface area contributed by atoms with Crippen LogP contribution in [0.5, 0.6) is 0 Å². The summed E-state index contributed by atoms with van der Waals surface area (Å²) in [7, 11) is 0. The molecule has 0 radical (unpaired) electrons. The molecule has 0 saturated carbocycles. The number of para-hydroxylation sites is 1. The standard InChI is InChI=1S/C18H18Cl2N2O4/c1-11(17(24)22-16-10-12(19)6-7-14(16)20)26-18(25)13-4-2-3-5-15(13)21-8-9-23/h2-7,10-11,21,23H,8-9H2,1H3,(H,22,24)/t11-/m0/s1. The summed E-state index contributed by atoms with van der Waals surface area (Å²) in [5.41, 5.74) is 1.11. The van der Waals surface area contributed by atoms with E-state index in [9.17, 15) is 9.59 Å². The number of anilines is 2. The van der Waals surface area contributed by atoms with Crippen molar-refractivity contribution in [3.63, 3.8) is 0 Å². The van der Waals surface area contributed by atoms with Gasteiger partial charge < -0.3 is 20.5 Å². The molecule has 0 aliphatic rings. The van der Waals surface area contributed by atoms with E-state index in [1.54, 1.807) is 36.4 Å². The fourth-order valence-electron chi connectivity index (χ4n) is 2.11. The highest BCUT2D eigenvalue weighted by Crippen LogP contribution is 2.25. The van der Waals surface area contributed by atoms with Crippen molar-refractivity contribution in [1.82, 2.24) is 0 Å². The highest BCUT2D eigenvalue weighted by molar-refractivity contribution is 6.35. The van der Waals surface area contributed by atoms with Crippen LogP contribution in [-0.2, 0) is 9.53 Å². The zero-order valence-corrected chi connectivity index (χ0v) is 15.5. The third kappa shape index (κ3) is 5.36. The normalized spacial score (nSPS) is 11.5. The molecule has 26 heavy (non-hydrogen) atoms. The van der Waals surface area contributed by atoms with Gasteiger partial charge in [0.25, 0.3) is 5.91 Å². The van der Waals surface area contributed by atoms with E-state index in [1.807, 2.05) is 0 Å². The molecule has 2 aromatic carbocycles. The fraction of sp³-hybridized carbons (Fsp3) is 0.222. The quantitative estimate of drug-likeness (QED) is 0.622. The molecule has 0 aromatic heterocycles. The maximum atomic E-state index is 12.4. The Bertz CT molecular complexity index is 799. The molecular weight excluding hydrogens is 379 g/mol. The van der Waals surface area contributed by atoms with Crippen molar-refractivity contribution in [1.29, 1.82) is 0 Å². The molecule has 0 saturated heterocycles. The van der Waals surface area contributed by atoms with Crippen LogP contribution in [0.1, 0.15) is 17.3 Å². The maximum Gasteiger partial charge on any atom is 0.341 e. The van der Waals surface area contributed by atoms with Crippen LogP contribution >= 0.6 is 23.2 Å². The van der Waals surface area contributed by atoms with Crippen LogP contribution in [0.4, 0.5) is 11.4 Å². The Morgan fingerprint density at radius 2 is 1.88 bits per heavy atom. The molecule has 1 atom stereocenters. The number of nitrogens with one attached hydrogen (secondary N) is 2. The third-order valence-corrected chi connectivity index (χ3v) is 3.98. The Labute approximate surface area is 161 Å². The topological polar surface area (TPSA) is 87.7 Å². The van der Waals surface area contributed by atoms with E-state index in [2.05, 4.69) is 10.6 Å². The molecule has 6 nitrogen and oxygen atoms in total. The summed E-state index contributed by atoms with van der Waals surface area (Å²) in [6.45, 7) is 1.66. The van der Waals surface area contributed by atoms with Crippen LogP contribution in [0.3, 0.4) is 0 Å². The lowest BCUT2D eigenvalue weighted by atomic mass is 10.1. The van der Waals surface area contributed by atoms with Gasteiger partial charge in [0.15, 0.2) is 6.10 Å². The highest BCUT2D eigenvalue weighted by atomic mass is 35.5. The molecule has 0 spiro atoms. The number of hydrogen-bond donors (Lipinski definition) is 3. The Hall–Kier alpha value is -2.28. The van der Waals surface area contributed by atoms with Crippen LogP contribution in [0, 0.1) is 0 Å². The highest BCUT2D eigenvalue weighted by Gasteiger charge is 2.21. The monoisotopic (exact) mass is 396 g/mol. The first-order valence-electron chi connectivity index (χ1n) is 7.83. The summed E-state index contributed by atoms with van der Waals surface area (Å²) >= 11 is 11.9. The van der Waals surface area contributed by atoms with E-state index in [0.29, 0.717) is 21.4 Å². The number of aliphatic hydroxyl groups is 1. The van der Waals surface area contributed by atoms with E-state index < -0.39 is 18.0 Å². The Kier molecular flexibility index (Phi) is 7.26. The Morgan fingerprint density at radius 1 is 1.15 bits per heavy atom. The van der Waals surface area contributed by atoms with Gasteiger partial charge in [0.05, 0.1) is 22.9 Å². The van der Waals surface area contributed by atoms with Gasteiger partial charge in [0.1, 0.15) is 0 Å². The second-order valence-corrected chi connectivity index (χ2v) is 6.20. The molecule has 0 aliphatic carbocycles. The van der Waals surface area contributed by atoms with E-state index >= 15 is 0 Å². The molecule has 3 N–H and O–H groups in total. The number of benzene rings is 2. The van der Waals surface area contributed by atoms with Gasteiger partial charge in [-0.2, -0.15) is 0 Å². The van der Waals surface area contributed by atoms with Crippen molar-refractivity contribution in [2.45, 2.75) is 13.0 Å². The molecular formula is C18H18Cl2N2O4. The van der Waals surface area contributed by atoms with Crippen LogP contribution in [0.25, 0.3) is 0 Å². The van der Waals surface area contributed by atoms with Gasteiger partial charge >= 0.3 is 5.97 Å². The predicted molar refractivity (Wildman–Crippen MR) is 102 cm³/mol. The SMILES string of the molecule is C[C@H](OC(=O)c1ccccc1NCCO)C(=O)Nc1cc(Cl)ccc1Cl. The summed E-state index contributed by atoms with van der Waals surface area (Å²) in [6, 6.07) is 11.3. The minimum atomic E-state index is -1.05. The average molecular weight is 397 g/mol. The van der Waals surface area contributed by atoms with Gasteiger partial charge in [0.2, 0.25) is 0 Å². The molecule has 0 heterocycles. The molecule has 2 rings (SSSR count). The van der Waals surface area contributed by atoms with Gasteiger partial charge in [-0.15, -0.1) is 0 Å². The number of carbonyl (C=O) groups is 2. The van der Waals surface area contributed by atoms with E-state index in [4.69, 9.17) is 33.0 Å². The van der Waals surface area contributed by atoms with E-state index in [0.717, 1.165) is 0 Å². The maximum absolute atomic E-state index is 12.4. The number of aliphatic hydroxyl groups excluding tert-OH is 1. The smallest absolute Gasteiger partial charge is 0.341 e. The summed E-state index contributed by atoms with van der Waals surface area (Å²) < 4.78 is 5.23. The first kappa shape index (κ1) is 20.0. The van der Waals surface area contributed by atoms with Gasteiger partial charge in [0, 0.05) is 17.3 Å².